The molecule has 1 fully saturated rings. The van der Waals surface area contributed by atoms with Crippen LogP contribution in [0.4, 0.5) is 8.78 Å². The van der Waals surface area contributed by atoms with Crippen LogP contribution >= 0.6 is 24.0 Å². The summed E-state index contributed by atoms with van der Waals surface area (Å²) in [5.41, 5.74) is 1.68. The second-order valence-electron chi connectivity index (χ2n) is 7.08. The quantitative estimate of drug-likeness (QED) is 0.316. The summed E-state index contributed by atoms with van der Waals surface area (Å²) in [6, 6.07) is 5.19. The molecule has 28 heavy (non-hydrogen) atoms. The molecular weight excluding hydrogens is 477 g/mol. The second-order valence-corrected chi connectivity index (χ2v) is 7.08. The Labute approximate surface area is 184 Å². The molecule has 0 saturated carbocycles. The summed E-state index contributed by atoms with van der Waals surface area (Å²) in [7, 11) is 1.71. The first-order chi connectivity index (χ1) is 13.0. The van der Waals surface area contributed by atoms with E-state index in [-0.39, 0.29) is 29.7 Å². The molecule has 1 saturated heterocycles. The monoisotopic (exact) mass is 510 g/mol. The molecule has 0 radical (unpaired) electrons. The van der Waals surface area contributed by atoms with E-state index in [0.717, 1.165) is 25.2 Å². The van der Waals surface area contributed by atoms with E-state index >= 15 is 0 Å². The molecule has 1 aliphatic heterocycles. The van der Waals surface area contributed by atoms with Crippen LogP contribution in [0, 0.1) is 12.8 Å². The SMILES string of the molecule is CCCN1CCC(CNC(=NC)NCc2cc(C)ccc2OC(F)F)CC1.I. The number of aryl methyl sites for hydroxylation is 1. The number of nitrogens with zero attached hydrogens (tertiary/aromatic N) is 2. The number of benzene rings is 1. The zero-order valence-corrected chi connectivity index (χ0v) is 19.3. The summed E-state index contributed by atoms with van der Waals surface area (Å²) in [6.07, 6.45) is 3.58. The molecule has 0 aromatic heterocycles. The lowest BCUT2D eigenvalue weighted by atomic mass is 9.97. The normalized spacial score (nSPS) is 16.0. The van der Waals surface area contributed by atoms with Crippen molar-refractivity contribution < 1.29 is 13.5 Å². The van der Waals surface area contributed by atoms with Crippen LogP contribution in [0.15, 0.2) is 23.2 Å². The highest BCUT2D eigenvalue weighted by Crippen LogP contribution is 2.22. The van der Waals surface area contributed by atoms with Gasteiger partial charge in [0.1, 0.15) is 5.75 Å². The van der Waals surface area contributed by atoms with Crippen LogP contribution in [0.1, 0.15) is 37.3 Å². The summed E-state index contributed by atoms with van der Waals surface area (Å²) in [6.45, 7) is 6.05. The third-order valence-corrected chi connectivity index (χ3v) is 4.91. The number of piperidine rings is 1. The third kappa shape index (κ3) is 8.46. The lowest BCUT2D eigenvalue weighted by Gasteiger charge is -2.32. The highest BCUT2D eigenvalue weighted by atomic mass is 127. The highest BCUT2D eigenvalue weighted by molar-refractivity contribution is 14.0. The molecule has 160 valence electrons. The maximum absolute atomic E-state index is 12.6. The first-order valence-corrected chi connectivity index (χ1v) is 9.73. The van der Waals surface area contributed by atoms with Gasteiger partial charge in [-0.3, -0.25) is 4.99 Å². The Morgan fingerprint density at radius 2 is 2.00 bits per heavy atom. The maximum Gasteiger partial charge on any atom is 0.387 e. The minimum Gasteiger partial charge on any atom is -0.434 e. The van der Waals surface area contributed by atoms with Crippen LogP contribution in [0.25, 0.3) is 0 Å². The number of ether oxygens (including phenoxy) is 1. The summed E-state index contributed by atoms with van der Waals surface area (Å²) in [4.78, 5) is 6.76. The van der Waals surface area contributed by atoms with E-state index in [4.69, 9.17) is 0 Å². The number of halogens is 3. The first-order valence-electron chi connectivity index (χ1n) is 9.73. The number of guanidine groups is 1. The van der Waals surface area contributed by atoms with Gasteiger partial charge in [-0.2, -0.15) is 8.78 Å². The lowest BCUT2D eigenvalue weighted by Crippen LogP contribution is -2.42. The molecule has 0 atom stereocenters. The minimum atomic E-state index is -2.83. The van der Waals surface area contributed by atoms with E-state index in [2.05, 4.69) is 32.2 Å². The van der Waals surface area contributed by atoms with Crippen LogP contribution < -0.4 is 15.4 Å². The Kier molecular flexibility index (Phi) is 11.7. The molecule has 1 aromatic carbocycles. The van der Waals surface area contributed by atoms with Crippen LogP contribution in [0.5, 0.6) is 5.75 Å². The molecule has 2 N–H and O–H groups in total. The van der Waals surface area contributed by atoms with E-state index in [0.29, 0.717) is 24.0 Å². The molecule has 1 aliphatic rings. The zero-order valence-electron chi connectivity index (χ0n) is 17.0. The zero-order chi connectivity index (χ0) is 19.6. The molecule has 0 unspecified atom stereocenters. The average molecular weight is 510 g/mol. The van der Waals surface area contributed by atoms with Gasteiger partial charge in [0.25, 0.3) is 0 Å². The van der Waals surface area contributed by atoms with Gasteiger partial charge in [0.05, 0.1) is 0 Å². The van der Waals surface area contributed by atoms with Crippen molar-refractivity contribution in [3.05, 3.63) is 29.3 Å². The molecule has 0 amide bonds. The summed E-state index contributed by atoms with van der Waals surface area (Å²) >= 11 is 0. The van der Waals surface area contributed by atoms with Crippen molar-refractivity contribution in [2.24, 2.45) is 10.9 Å². The molecule has 8 heteroatoms. The maximum atomic E-state index is 12.6. The van der Waals surface area contributed by atoms with Crippen LogP contribution in [0.2, 0.25) is 0 Å². The minimum absolute atomic E-state index is 0. The fraction of sp³-hybridized carbons (Fsp3) is 0.650. The summed E-state index contributed by atoms with van der Waals surface area (Å²) in [5.74, 6) is 1.51. The number of hydrogen-bond acceptors (Lipinski definition) is 3. The smallest absolute Gasteiger partial charge is 0.387 e. The Morgan fingerprint density at radius 1 is 1.29 bits per heavy atom. The Bertz CT molecular complexity index is 608. The van der Waals surface area contributed by atoms with Crippen molar-refractivity contribution in [3.8, 4) is 5.75 Å². The van der Waals surface area contributed by atoms with Gasteiger partial charge < -0.3 is 20.3 Å². The number of rotatable bonds is 8. The van der Waals surface area contributed by atoms with Crippen molar-refractivity contribution in [2.75, 3.05) is 33.2 Å². The third-order valence-electron chi connectivity index (χ3n) is 4.91. The van der Waals surface area contributed by atoms with E-state index < -0.39 is 6.61 Å². The van der Waals surface area contributed by atoms with Crippen molar-refractivity contribution in [1.29, 1.82) is 0 Å². The van der Waals surface area contributed by atoms with Crippen LogP contribution in [-0.2, 0) is 6.54 Å². The molecule has 0 bridgehead atoms. The summed E-state index contributed by atoms with van der Waals surface area (Å²) in [5, 5.41) is 6.56. The second kappa shape index (κ2) is 13.1. The largest absolute Gasteiger partial charge is 0.434 e. The lowest BCUT2D eigenvalue weighted by molar-refractivity contribution is -0.0504. The molecule has 5 nitrogen and oxygen atoms in total. The van der Waals surface area contributed by atoms with Gasteiger partial charge in [0, 0.05) is 25.7 Å². The van der Waals surface area contributed by atoms with Crippen LogP contribution in [0.3, 0.4) is 0 Å². The first kappa shape index (κ1) is 24.9. The Balaban J connectivity index is 0.00000392. The van der Waals surface area contributed by atoms with E-state index in [1.807, 2.05) is 13.0 Å². The average Bonchev–Trinajstić information content (AvgIpc) is 2.65. The predicted octanol–water partition coefficient (Wildman–Crippen LogP) is 4.00. The van der Waals surface area contributed by atoms with Gasteiger partial charge in [-0.05, 0) is 57.8 Å². The van der Waals surface area contributed by atoms with Crippen LogP contribution in [-0.4, -0.2) is 50.7 Å². The number of likely N-dealkylation sites (tertiary alicyclic amines) is 1. The van der Waals surface area contributed by atoms with Gasteiger partial charge in [0.15, 0.2) is 5.96 Å². The molecule has 2 rings (SSSR count). The topological polar surface area (TPSA) is 48.9 Å². The molecule has 0 aliphatic carbocycles. The molecule has 1 aromatic rings. The van der Waals surface area contributed by atoms with Gasteiger partial charge >= 0.3 is 6.61 Å². The number of aliphatic imine (C=N–C) groups is 1. The van der Waals surface area contributed by atoms with Crippen molar-refractivity contribution in [1.82, 2.24) is 15.5 Å². The number of hydrogen-bond donors (Lipinski definition) is 2. The summed E-state index contributed by atoms with van der Waals surface area (Å²) < 4.78 is 29.8. The van der Waals surface area contributed by atoms with Crippen molar-refractivity contribution in [3.63, 3.8) is 0 Å². The predicted molar refractivity (Wildman–Crippen MR) is 121 cm³/mol. The van der Waals surface area contributed by atoms with E-state index in [9.17, 15) is 8.78 Å². The van der Waals surface area contributed by atoms with E-state index in [1.54, 1.807) is 19.2 Å². The molecular formula is C20H33F2IN4O. The van der Waals surface area contributed by atoms with E-state index in [1.165, 1.54) is 25.8 Å². The van der Waals surface area contributed by atoms with Gasteiger partial charge in [-0.15, -0.1) is 24.0 Å². The molecule has 0 spiro atoms. The van der Waals surface area contributed by atoms with Gasteiger partial charge in [0.2, 0.25) is 0 Å². The van der Waals surface area contributed by atoms with Gasteiger partial charge in [-0.1, -0.05) is 24.6 Å². The highest BCUT2D eigenvalue weighted by Gasteiger charge is 2.18. The Morgan fingerprint density at radius 3 is 2.61 bits per heavy atom. The van der Waals surface area contributed by atoms with Crippen molar-refractivity contribution in [2.45, 2.75) is 46.3 Å². The van der Waals surface area contributed by atoms with Gasteiger partial charge in [-0.25, -0.2) is 0 Å². The molecule has 1 heterocycles. The number of alkyl halides is 2. The number of nitrogens with one attached hydrogen (secondary N) is 2. The van der Waals surface area contributed by atoms with Crippen molar-refractivity contribution >= 4 is 29.9 Å². The fourth-order valence-electron chi connectivity index (χ4n) is 3.43. The Hall–Kier alpha value is -1.16. The standard InChI is InChI=1S/C20H32F2N4O.HI/c1-4-9-26-10-7-16(8-11-26)13-24-20(23-3)25-14-17-12-15(2)5-6-18(17)27-19(21)22;/h5-6,12,16,19H,4,7-11,13-14H2,1-3H3,(H2,23,24,25);1H. The fourth-order valence-corrected chi connectivity index (χ4v) is 3.43.